The number of ether oxygens (including phenoxy) is 2. The predicted octanol–water partition coefficient (Wildman–Crippen LogP) is 4.64. The molecule has 2 aliphatic rings. The molecule has 0 unspecified atom stereocenters. The lowest BCUT2D eigenvalue weighted by Crippen LogP contribution is -2.40. The molecule has 1 heterocycles. The van der Waals surface area contributed by atoms with Crippen molar-refractivity contribution in [2.24, 2.45) is 11.8 Å². The Labute approximate surface area is 158 Å². The number of halogens is 1. The van der Waals surface area contributed by atoms with E-state index in [-0.39, 0.29) is 11.4 Å². The summed E-state index contributed by atoms with van der Waals surface area (Å²) in [5, 5.41) is 0.993. The molecule has 25 heavy (non-hydrogen) atoms. The summed E-state index contributed by atoms with van der Waals surface area (Å²) in [6, 6.07) is 10.9. The Hall–Kier alpha value is -1.13. The molecule has 0 N–H and O–H groups in total. The van der Waals surface area contributed by atoms with Gasteiger partial charge >= 0.3 is 5.97 Å². The van der Waals surface area contributed by atoms with E-state index in [2.05, 4.69) is 63.2 Å². The number of benzene rings is 1. The van der Waals surface area contributed by atoms with Gasteiger partial charge in [0.15, 0.2) is 0 Å². The van der Waals surface area contributed by atoms with Crippen LogP contribution < -0.4 is 0 Å². The Morgan fingerprint density at radius 1 is 1.36 bits per heavy atom. The molecule has 1 aliphatic carbocycles. The molecule has 0 amide bonds. The zero-order valence-electron chi connectivity index (χ0n) is 14.8. The summed E-state index contributed by atoms with van der Waals surface area (Å²) in [6.07, 6.45) is 9.39. The molecule has 4 atom stereocenters. The topological polar surface area (TPSA) is 35.5 Å². The fourth-order valence-corrected chi connectivity index (χ4v) is 5.42. The van der Waals surface area contributed by atoms with Gasteiger partial charge in [-0.1, -0.05) is 58.4 Å². The third-order valence-corrected chi connectivity index (χ3v) is 6.64. The van der Waals surface area contributed by atoms with Gasteiger partial charge in [-0.05, 0) is 43.1 Å². The van der Waals surface area contributed by atoms with E-state index in [1.54, 1.807) is 0 Å². The first kappa shape index (κ1) is 18.7. The average Bonchev–Trinajstić information content (AvgIpc) is 3.22. The molecule has 1 aromatic carbocycles. The largest absolute Gasteiger partial charge is 0.469 e. The number of unbranched alkanes of at least 4 members (excludes halogenated alkanes) is 1. The SMILES string of the molecule is COC(=O)CCCC=CC[C@H]1[C@H](CBr)[C@@H]2C[C@@]1(c1ccccc1)CO2. The van der Waals surface area contributed by atoms with Gasteiger partial charge < -0.3 is 9.47 Å². The number of hydrogen-bond donors (Lipinski definition) is 0. The van der Waals surface area contributed by atoms with E-state index >= 15 is 0 Å². The van der Waals surface area contributed by atoms with E-state index in [1.165, 1.54) is 12.7 Å². The summed E-state index contributed by atoms with van der Waals surface area (Å²) in [5.74, 6) is 1.04. The molecule has 0 spiro atoms. The minimum absolute atomic E-state index is 0.124. The van der Waals surface area contributed by atoms with Crippen LogP contribution in [-0.4, -0.2) is 31.1 Å². The van der Waals surface area contributed by atoms with Crippen LogP contribution in [0.2, 0.25) is 0 Å². The van der Waals surface area contributed by atoms with Crippen molar-refractivity contribution in [2.45, 2.75) is 43.6 Å². The van der Waals surface area contributed by atoms with Gasteiger partial charge in [0.25, 0.3) is 0 Å². The maximum atomic E-state index is 11.2. The third kappa shape index (κ3) is 3.85. The van der Waals surface area contributed by atoms with Gasteiger partial charge in [0, 0.05) is 17.2 Å². The summed E-state index contributed by atoms with van der Waals surface area (Å²) in [4.78, 5) is 11.2. The van der Waals surface area contributed by atoms with Crippen molar-refractivity contribution in [1.82, 2.24) is 0 Å². The van der Waals surface area contributed by atoms with Crippen LogP contribution in [0.15, 0.2) is 42.5 Å². The van der Waals surface area contributed by atoms with Crippen LogP contribution >= 0.6 is 15.9 Å². The van der Waals surface area contributed by atoms with E-state index < -0.39 is 0 Å². The van der Waals surface area contributed by atoms with E-state index in [1.807, 2.05) is 0 Å². The van der Waals surface area contributed by atoms with Crippen molar-refractivity contribution in [3.8, 4) is 0 Å². The van der Waals surface area contributed by atoms with Crippen molar-refractivity contribution < 1.29 is 14.3 Å². The van der Waals surface area contributed by atoms with Gasteiger partial charge in [0.1, 0.15) is 0 Å². The Morgan fingerprint density at radius 2 is 2.16 bits per heavy atom. The molecule has 1 aromatic rings. The van der Waals surface area contributed by atoms with Crippen LogP contribution in [0, 0.1) is 11.8 Å². The van der Waals surface area contributed by atoms with Crippen LogP contribution in [0.25, 0.3) is 0 Å². The van der Waals surface area contributed by atoms with Crippen molar-refractivity contribution in [1.29, 1.82) is 0 Å². The first-order valence-electron chi connectivity index (χ1n) is 9.16. The van der Waals surface area contributed by atoms with Crippen LogP contribution in [0.4, 0.5) is 0 Å². The monoisotopic (exact) mass is 406 g/mol. The molecule has 0 aromatic heterocycles. The normalized spacial score (nSPS) is 30.9. The Morgan fingerprint density at radius 3 is 2.88 bits per heavy atom. The molecular weight excluding hydrogens is 380 g/mol. The maximum Gasteiger partial charge on any atom is 0.305 e. The second-order valence-corrected chi connectivity index (χ2v) is 7.82. The zero-order chi connectivity index (χ0) is 17.7. The van der Waals surface area contributed by atoms with E-state index in [0.717, 1.165) is 37.6 Å². The first-order valence-corrected chi connectivity index (χ1v) is 10.3. The highest BCUT2D eigenvalue weighted by Crippen LogP contribution is 2.56. The predicted molar refractivity (Wildman–Crippen MR) is 103 cm³/mol. The number of carbonyl (C=O) groups is 1. The van der Waals surface area contributed by atoms with Crippen LogP contribution in [0.1, 0.15) is 37.7 Å². The molecule has 3 rings (SSSR count). The Bertz CT molecular complexity index is 600. The molecule has 3 nitrogen and oxygen atoms in total. The lowest BCUT2D eigenvalue weighted by atomic mass is 9.69. The van der Waals surface area contributed by atoms with Crippen molar-refractivity contribution in [3.63, 3.8) is 0 Å². The molecule has 136 valence electrons. The fourth-order valence-electron chi connectivity index (χ4n) is 4.55. The van der Waals surface area contributed by atoms with Crippen LogP contribution in [-0.2, 0) is 19.7 Å². The van der Waals surface area contributed by atoms with Gasteiger partial charge in [-0.15, -0.1) is 0 Å². The standard InChI is InChI=1S/C21H27BrO3/c1-24-20(23)12-8-3-2-7-11-18-17(14-22)19-13-21(18,15-25-19)16-9-5-4-6-10-16/h2,4-7,9-10,17-19H,3,8,11-15H2,1H3/t17-,18-,19-,21-/m0/s1. The molecule has 2 bridgehead atoms. The molecule has 4 heteroatoms. The second-order valence-electron chi connectivity index (χ2n) is 7.18. The van der Waals surface area contributed by atoms with E-state index in [0.29, 0.717) is 24.4 Å². The smallest absolute Gasteiger partial charge is 0.305 e. The van der Waals surface area contributed by atoms with Crippen LogP contribution in [0.5, 0.6) is 0 Å². The Balaban J connectivity index is 1.64. The van der Waals surface area contributed by atoms with Gasteiger partial charge in [0.05, 0.1) is 19.8 Å². The fraction of sp³-hybridized carbons (Fsp3) is 0.571. The molecule has 1 saturated carbocycles. The summed E-state index contributed by atoms with van der Waals surface area (Å²) in [7, 11) is 1.44. The number of hydrogen-bond acceptors (Lipinski definition) is 3. The first-order chi connectivity index (χ1) is 12.2. The quantitative estimate of drug-likeness (QED) is 0.273. The summed E-state index contributed by atoms with van der Waals surface area (Å²) in [5.41, 5.74) is 1.57. The summed E-state index contributed by atoms with van der Waals surface area (Å²) in [6.45, 7) is 0.839. The van der Waals surface area contributed by atoms with E-state index in [9.17, 15) is 4.79 Å². The minimum Gasteiger partial charge on any atom is -0.469 e. The van der Waals surface area contributed by atoms with Gasteiger partial charge in [0.2, 0.25) is 0 Å². The van der Waals surface area contributed by atoms with Gasteiger partial charge in [-0.25, -0.2) is 0 Å². The van der Waals surface area contributed by atoms with Crippen molar-refractivity contribution >= 4 is 21.9 Å². The number of carbonyl (C=O) groups excluding carboxylic acids is 1. The summed E-state index contributed by atoms with van der Waals surface area (Å²) >= 11 is 3.72. The van der Waals surface area contributed by atoms with Crippen molar-refractivity contribution in [2.75, 3.05) is 19.0 Å². The zero-order valence-corrected chi connectivity index (χ0v) is 16.4. The highest BCUT2D eigenvalue weighted by Gasteiger charge is 2.58. The van der Waals surface area contributed by atoms with E-state index in [4.69, 9.17) is 4.74 Å². The number of esters is 1. The lowest BCUT2D eigenvalue weighted by Gasteiger charge is -2.38. The molecule has 1 aliphatic heterocycles. The number of allylic oxidation sites excluding steroid dienone is 2. The number of rotatable bonds is 8. The number of methoxy groups -OCH3 is 1. The number of alkyl halides is 1. The van der Waals surface area contributed by atoms with Gasteiger partial charge in [-0.3, -0.25) is 4.79 Å². The molecular formula is C21H27BrO3. The second kappa shape index (κ2) is 8.50. The Kier molecular flexibility index (Phi) is 6.34. The maximum absolute atomic E-state index is 11.2. The molecule has 0 radical (unpaired) electrons. The third-order valence-electron chi connectivity index (χ3n) is 5.89. The molecule has 2 fully saturated rings. The minimum atomic E-state index is -0.124. The highest BCUT2D eigenvalue weighted by atomic mass is 79.9. The van der Waals surface area contributed by atoms with Gasteiger partial charge in [-0.2, -0.15) is 0 Å². The van der Waals surface area contributed by atoms with Crippen molar-refractivity contribution in [3.05, 3.63) is 48.0 Å². The lowest BCUT2D eigenvalue weighted by molar-refractivity contribution is -0.140. The van der Waals surface area contributed by atoms with Crippen LogP contribution in [0.3, 0.4) is 0 Å². The molecule has 1 saturated heterocycles. The highest BCUT2D eigenvalue weighted by molar-refractivity contribution is 9.09. The number of fused-ring (bicyclic) bond motifs is 2. The average molecular weight is 407 g/mol. The summed E-state index contributed by atoms with van der Waals surface area (Å²) < 4.78 is 10.8.